The number of benzene rings is 1. The van der Waals surface area contributed by atoms with E-state index in [9.17, 15) is 9.59 Å². The van der Waals surface area contributed by atoms with Gasteiger partial charge in [-0.15, -0.1) is 0 Å². The predicted octanol–water partition coefficient (Wildman–Crippen LogP) is 2.33. The number of hydrogen-bond acceptors (Lipinski definition) is 3. The van der Waals surface area contributed by atoms with Gasteiger partial charge in [-0.25, -0.2) is 0 Å². The maximum atomic E-state index is 11.7. The zero-order valence-electron chi connectivity index (χ0n) is 9.85. The molecule has 0 N–H and O–H groups in total. The van der Waals surface area contributed by atoms with E-state index in [1.807, 2.05) is 16.7 Å². The topological polar surface area (TPSA) is 48.3 Å². The molecule has 0 saturated heterocycles. The highest BCUT2D eigenvalue weighted by molar-refractivity contribution is 9.10. The van der Waals surface area contributed by atoms with Crippen molar-refractivity contribution in [2.75, 3.05) is 7.11 Å². The standard InChI is InChI=1S/C13H12BrNO3/c1-18-13(17)5-7-15-6-4-12(16)10-3-2-9(14)8-11(10)15/h2-4,6,8H,5,7H2,1H3. The van der Waals surface area contributed by atoms with Crippen molar-refractivity contribution in [2.45, 2.75) is 13.0 Å². The zero-order valence-corrected chi connectivity index (χ0v) is 11.4. The van der Waals surface area contributed by atoms with Gasteiger partial charge >= 0.3 is 5.97 Å². The van der Waals surface area contributed by atoms with E-state index in [2.05, 4.69) is 20.7 Å². The summed E-state index contributed by atoms with van der Waals surface area (Å²) in [5, 5.41) is 0.644. The third-order valence-corrected chi connectivity index (χ3v) is 3.22. The van der Waals surface area contributed by atoms with Crippen molar-refractivity contribution in [3.8, 4) is 0 Å². The number of carbonyl (C=O) groups is 1. The molecule has 0 radical (unpaired) electrons. The van der Waals surface area contributed by atoms with Crippen LogP contribution in [0, 0.1) is 0 Å². The van der Waals surface area contributed by atoms with Crippen LogP contribution in [0.3, 0.4) is 0 Å². The van der Waals surface area contributed by atoms with Crippen LogP contribution in [-0.2, 0) is 16.1 Å². The van der Waals surface area contributed by atoms with Gasteiger partial charge in [-0.2, -0.15) is 0 Å². The van der Waals surface area contributed by atoms with Crippen LogP contribution in [0.25, 0.3) is 10.9 Å². The number of nitrogens with zero attached hydrogens (tertiary/aromatic N) is 1. The molecule has 0 aliphatic carbocycles. The number of halogens is 1. The lowest BCUT2D eigenvalue weighted by Gasteiger charge is -2.10. The molecule has 2 aromatic rings. The fourth-order valence-electron chi connectivity index (χ4n) is 1.79. The summed E-state index contributed by atoms with van der Waals surface area (Å²) in [5.74, 6) is -0.267. The van der Waals surface area contributed by atoms with E-state index < -0.39 is 0 Å². The fourth-order valence-corrected chi connectivity index (χ4v) is 2.14. The van der Waals surface area contributed by atoms with Gasteiger partial charge in [0.05, 0.1) is 19.0 Å². The Kier molecular flexibility index (Phi) is 3.81. The van der Waals surface area contributed by atoms with Crippen LogP contribution in [0.15, 0.2) is 39.7 Å². The van der Waals surface area contributed by atoms with Crippen molar-refractivity contribution in [1.29, 1.82) is 0 Å². The average Bonchev–Trinajstić information content (AvgIpc) is 2.37. The minimum Gasteiger partial charge on any atom is -0.469 e. The summed E-state index contributed by atoms with van der Waals surface area (Å²) < 4.78 is 7.38. The molecule has 4 nitrogen and oxygen atoms in total. The van der Waals surface area contributed by atoms with Crippen LogP contribution in [0.4, 0.5) is 0 Å². The second-order valence-electron chi connectivity index (χ2n) is 3.86. The second kappa shape index (κ2) is 5.35. The summed E-state index contributed by atoms with van der Waals surface area (Å²) in [4.78, 5) is 22.9. The van der Waals surface area contributed by atoms with Gasteiger partial charge in [0.2, 0.25) is 0 Å². The van der Waals surface area contributed by atoms with Crippen LogP contribution in [0.2, 0.25) is 0 Å². The molecule has 0 spiro atoms. The zero-order chi connectivity index (χ0) is 13.1. The largest absolute Gasteiger partial charge is 0.469 e. The SMILES string of the molecule is COC(=O)CCn1ccc(=O)c2ccc(Br)cc21. The lowest BCUT2D eigenvalue weighted by Crippen LogP contribution is -2.11. The van der Waals surface area contributed by atoms with E-state index in [1.165, 1.54) is 13.2 Å². The summed E-state index contributed by atoms with van der Waals surface area (Å²) in [6.45, 7) is 0.486. The lowest BCUT2D eigenvalue weighted by atomic mass is 10.2. The lowest BCUT2D eigenvalue weighted by molar-refractivity contribution is -0.140. The molecule has 0 aliphatic heterocycles. The molecule has 1 heterocycles. The Labute approximate surface area is 112 Å². The van der Waals surface area contributed by atoms with E-state index in [0.717, 1.165) is 9.99 Å². The fraction of sp³-hybridized carbons (Fsp3) is 0.231. The van der Waals surface area contributed by atoms with Gasteiger partial charge in [-0.3, -0.25) is 9.59 Å². The average molecular weight is 310 g/mol. The van der Waals surface area contributed by atoms with Gasteiger partial charge in [0, 0.05) is 28.7 Å². The first kappa shape index (κ1) is 12.8. The van der Waals surface area contributed by atoms with Gasteiger partial charge in [0.1, 0.15) is 0 Å². The Bertz CT molecular complexity index is 648. The van der Waals surface area contributed by atoms with Gasteiger partial charge in [0.15, 0.2) is 5.43 Å². The first-order valence-electron chi connectivity index (χ1n) is 5.47. The van der Waals surface area contributed by atoms with Crippen molar-refractivity contribution in [1.82, 2.24) is 4.57 Å². The second-order valence-corrected chi connectivity index (χ2v) is 4.78. The van der Waals surface area contributed by atoms with Crippen molar-refractivity contribution in [3.63, 3.8) is 0 Å². The molecule has 0 atom stereocenters. The Hall–Kier alpha value is -1.62. The Balaban J connectivity index is 2.44. The van der Waals surface area contributed by atoms with E-state index in [-0.39, 0.29) is 17.8 Å². The van der Waals surface area contributed by atoms with Gasteiger partial charge in [0.25, 0.3) is 0 Å². The summed E-state index contributed by atoms with van der Waals surface area (Å²) in [5.41, 5.74) is 0.785. The van der Waals surface area contributed by atoms with Crippen LogP contribution in [0.1, 0.15) is 6.42 Å². The van der Waals surface area contributed by atoms with Crippen molar-refractivity contribution < 1.29 is 9.53 Å². The molecule has 5 heteroatoms. The number of hydrogen-bond donors (Lipinski definition) is 0. The molecule has 0 unspecified atom stereocenters. The van der Waals surface area contributed by atoms with Gasteiger partial charge in [-0.05, 0) is 18.2 Å². The highest BCUT2D eigenvalue weighted by Crippen LogP contribution is 2.17. The first-order chi connectivity index (χ1) is 8.61. The molecule has 0 amide bonds. The number of rotatable bonds is 3. The smallest absolute Gasteiger partial charge is 0.307 e. The third-order valence-electron chi connectivity index (χ3n) is 2.73. The van der Waals surface area contributed by atoms with E-state index >= 15 is 0 Å². The molecule has 1 aromatic carbocycles. The normalized spacial score (nSPS) is 10.6. The van der Waals surface area contributed by atoms with E-state index in [1.54, 1.807) is 12.3 Å². The molecule has 18 heavy (non-hydrogen) atoms. The quantitative estimate of drug-likeness (QED) is 0.818. The van der Waals surface area contributed by atoms with Gasteiger partial charge < -0.3 is 9.30 Å². The molecular weight excluding hydrogens is 298 g/mol. The Morgan fingerprint density at radius 2 is 2.17 bits per heavy atom. The van der Waals surface area contributed by atoms with Crippen LogP contribution in [0.5, 0.6) is 0 Å². The minimum atomic E-state index is -0.267. The van der Waals surface area contributed by atoms with Crippen LogP contribution < -0.4 is 5.43 Å². The minimum absolute atomic E-state index is 0.0215. The molecule has 2 rings (SSSR count). The highest BCUT2D eigenvalue weighted by atomic mass is 79.9. The monoisotopic (exact) mass is 309 g/mol. The Morgan fingerprint density at radius 3 is 2.89 bits per heavy atom. The molecular formula is C13H12BrNO3. The number of carbonyl (C=O) groups excluding carboxylic acids is 1. The number of pyridine rings is 1. The number of fused-ring (bicyclic) bond motifs is 1. The van der Waals surface area contributed by atoms with E-state index in [4.69, 9.17) is 0 Å². The van der Waals surface area contributed by atoms with Gasteiger partial charge in [-0.1, -0.05) is 15.9 Å². The third kappa shape index (κ3) is 2.61. The molecule has 0 saturated carbocycles. The van der Waals surface area contributed by atoms with Crippen molar-refractivity contribution >= 4 is 32.8 Å². The van der Waals surface area contributed by atoms with Crippen LogP contribution in [-0.4, -0.2) is 17.6 Å². The number of ether oxygens (including phenoxy) is 1. The maximum absolute atomic E-state index is 11.7. The number of aryl methyl sites for hydroxylation is 1. The highest BCUT2D eigenvalue weighted by Gasteiger charge is 2.05. The predicted molar refractivity (Wildman–Crippen MR) is 72.5 cm³/mol. The van der Waals surface area contributed by atoms with Crippen molar-refractivity contribution in [3.05, 3.63) is 45.2 Å². The summed E-state index contributed by atoms with van der Waals surface area (Å²) >= 11 is 3.38. The number of esters is 1. The maximum Gasteiger partial charge on any atom is 0.307 e. The first-order valence-corrected chi connectivity index (χ1v) is 6.26. The van der Waals surface area contributed by atoms with Crippen LogP contribution >= 0.6 is 15.9 Å². The summed E-state index contributed by atoms with van der Waals surface area (Å²) in [6, 6.07) is 6.98. The molecule has 0 fully saturated rings. The molecule has 0 aliphatic rings. The number of aromatic nitrogens is 1. The summed E-state index contributed by atoms with van der Waals surface area (Å²) in [6.07, 6.45) is 1.97. The molecule has 94 valence electrons. The number of methoxy groups -OCH3 is 1. The van der Waals surface area contributed by atoms with Crippen molar-refractivity contribution in [2.24, 2.45) is 0 Å². The Morgan fingerprint density at radius 1 is 1.39 bits per heavy atom. The molecule has 0 bridgehead atoms. The van der Waals surface area contributed by atoms with E-state index in [0.29, 0.717) is 11.9 Å². The summed E-state index contributed by atoms with van der Waals surface area (Å²) in [7, 11) is 1.36. The molecule has 1 aromatic heterocycles.